The second-order valence-corrected chi connectivity index (χ2v) is 6.19. The Morgan fingerprint density at radius 2 is 1.91 bits per heavy atom. The molecular weight excluding hydrogens is 335 g/mol. The summed E-state index contributed by atoms with van der Waals surface area (Å²) in [6.45, 7) is 0. The van der Waals surface area contributed by atoms with E-state index in [0.29, 0.717) is 32.3 Å². The van der Waals surface area contributed by atoms with Crippen LogP contribution in [0.1, 0.15) is 33.8 Å². The van der Waals surface area contributed by atoms with Gasteiger partial charge in [0.1, 0.15) is 0 Å². The maximum absolute atomic E-state index is 12.6. The Labute approximate surface area is 143 Å². The molecule has 116 valence electrons. The van der Waals surface area contributed by atoms with E-state index in [1.54, 1.807) is 48.5 Å². The lowest BCUT2D eigenvalue weighted by Crippen LogP contribution is -2.23. The fourth-order valence-electron chi connectivity index (χ4n) is 2.75. The van der Waals surface area contributed by atoms with Gasteiger partial charge in [0.25, 0.3) is 0 Å². The number of ketones is 1. The second kappa shape index (κ2) is 6.19. The molecule has 0 heterocycles. The van der Waals surface area contributed by atoms with Gasteiger partial charge in [-0.1, -0.05) is 53.5 Å². The van der Waals surface area contributed by atoms with Crippen molar-refractivity contribution in [3.8, 4) is 0 Å². The van der Waals surface area contributed by atoms with Gasteiger partial charge in [0, 0.05) is 21.2 Å². The molecule has 3 rings (SSSR count). The minimum atomic E-state index is -0.946. The van der Waals surface area contributed by atoms with Gasteiger partial charge < -0.3 is 5.11 Å². The molecule has 0 aliphatic heterocycles. The largest absolute Gasteiger partial charge is 0.481 e. The van der Waals surface area contributed by atoms with E-state index in [1.165, 1.54) is 0 Å². The Kier molecular flexibility index (Phi) is 4.24. The van der Waals surface area contributed by atoms with E-state index >= 15 is 0 Å². The summed E-state index contributed by atoms with van der Waals surface area (Å²) in [6.07, 6.45) is 1.79. The summed E-state index contributed by atoms with van der Waals surface area (Å²) in [7, 11) is 0. The number of hydrogen-bond donors (Lipinski definition) is 1. The summed E-state index contributed by atoms with van der Waals surface area (Å²) in [5, 5.41) is 10.4. The topological polar surface area (TPSA) is 54.4 Å². The molecule has 3 nitrogen and oxygen atoms in total. The molecule has 5 heteroatoms. The Morgan fingerprint density at radius 3 is 2.61 bits per heavy atom. The maximum Gasteiger partial charge on any atom is 0.311 e. The SMILES string of the molecule is O=C1/C(=C\c2ccc(Cl)cc2Cl)CC(C(=O)O)c2ccccc21. The predicted molar refractivity (Wildman–Crippen MR) is 90.2 cm³/mol. The minimum absolute atomic E-state index is 0.143. The lowest BCUT2D eigenvalue weighted by molar-refractivity contribution is -0.138. The molecule has 1 aliphatic rings. The highest BCUT2D eigenvalue weighted by atomic mass is 35.5. The van der Waals surface area contributed by atoms with E-state index in [9.17, 15) is 14.7 Å². The molecule has 0 fully saturated rings. The van der Waals surface area contributed by atoms with Crippen molar-refractivity contribution in [2.45, 2.75) is 12.3 Å². The monoisotopic (exact) mass is 346 g/mol. The van der Waals surface area contributed by atoms with Crippen molar-refractivity contribution in [3.63, 3.8) is 0 Å². The molecule has 0 saturated heterocycles. The number of aliphatic carboxylic acids is 1. The molecule has 2 aromatic carbocycles. The molecule has 1 atom stereocenters. The Balaban J connectivity index is 2.09. The average molecular weight is 347 g/mol. The first kappa shape index (κ1) is 15.8. The molecule has 1 unspecified atom stereocenters. The van der Waals surface area contributed by atoms with Crippen LogP contribution in [0.4, 0.5) is 0 Å². The molecule has 0 spiro atoms. The van der Waals surface area contributed by atoms with Gasteiger partial charge in [-0.25, -0.2) is 0 Å². The van der Waals surface area contributed by atoms with Gasteiger partial charge >= 0.3 is 5.97 Å². The maximum atomic E-state index is 12.6. The lowest BCUT2D eigenvalue weighted by atomic mass is 9.78. The first-order chi connectivity index (χ1) is 11.0. The number of rotatable bonds is 2. The van der Waals surface area contributed by atoms with Crippen molar-refractivity contribution in [2.75, 3.05) is 0 Å². The Morgan fingerprint density at radius 1 is 1.17 bits per heavy atom. The molecule has 2 aromatic rings. The van der Waals surface area contributed by atoms with Crippen LogP contribution in [0.3, 0.4) is 0 Å². The summed E-state index contributed by atoms with van der Waals surface area (Å²) in [4.78, 5) is 24.2. The number of Topliss-reactive ketones (excluding diaryl/α,β-unsaturated/α-hetero) is 1. The van der Waals surface area contributed by atoms with Crippen molar-refractivity contribution < 1.29 is 14.7 Å². The molecule has 0 radical (unpaired) electrons. The van der Waals surface area contributed by atoms with E-state index in [1.807, 2.05) is 0 Å². The summed E-state index contributed by atoms with van der Waals surface area (Å²) in [6, 6.07) is 11.8. The van der Waals surface area contributed by atoms with Gasteiger partial charge in [-0.05, 0) is 35.8 Å². The highest BCUT2D eigenvalue weighted by Gasteiger charge is 2.33. The van der Waals surface area contributed by atoms with Crippen LogP contribution in [-0.4, -0.2) is 16.9 Å². The summed E-state index contributed by atoms with van der Waals surface area (Å²) >= 11 is 12.0. The first-order valence-electron chi connectivity index (χ1n) is 6.99. The smallest absolute Gasteiger partial charge is 0.311 e. The fraction of sp³-hybridized carbons (Fsp3) is 0.111. The third kappa shape index (κ3) is 3.03. The van der Waals surface area contributed by atoms with Crippen LogP contribution in [0.15, 0.2) is 48.0 Å². The van der Waals surface area contributed by atoms with Crippen LogP contribution in [0.5, 0.6) is 0 Å². The van der Waals surface area contributed by atoms with Crippen LogP contribution in [-0.2, 0) is 4.79 Å². The lowest BCUT2D eigenvalue weighted by Gasteiger charge is -2.23. The number of carbonyl (C=O) groups is 2. The molecule has 0 bridgehead atoms. The van der Waals surface area contributed by atoms with Crippen molar-refractivity contribution in [2.24, 2.45) is 0 Å². The van der Waals surface area contributed by atoms with Crippen molar-refractivity contribution in [1.29, 1.82) is 0 Å². The molecule has 0 saturated carbocycles. The number of halogens is 2. The van der Waals surface area contributed by atoms with E-state index < -0.39 is 11.9 Å². The van der Waals surface area contributed by atoms with Crippen LogP contribution in [0.25, 0.3) is 6.08 Å². The van der Waals surface area contributed by atoms with Gasteiger partial charge in [-0.3, -0.25) is 9.59 Å². The first-order valence-corrected chi connectivity index (χ1v) is 7.75. The molecular formula is C18H12Cl2O3. The molecule has 23 heavy (non-hydrogen) atoms. The van der Waals surface area contributed by atoms with Crippen molar-refractivity contribution in [1.82, 2.24) is 0 Å². The van der Waals surface area contributed by atoms with Crippen LogP contribution in [0, 0.1) is 0 Å². The Hall–Kier alpha value is -2.10. The number of carbonyl (C=O) groups excluding carboxylic acids is 1. The van der Waals surface area contributed by atoms with Gasteiger partial charge in [-0.2, -0.15) is 0 Å². The standard InChI is InChI=1S/C18H12Cl2O3/c19-12-6-5-10(16(20)9-12)7-11-8-15(18(22)23)13-3-1-2-4-14(13)17(11)21/h1-7,9,15H,8H2,(H,22,23)/b11-7-. The fourth-order valence-corrected chi connectivity index (χ4v) is 3.22. The highest BCUT2D eigenvalue weighted by Crippen LogP contribution is 2.36. The molecule has 1 aliphatic carbocycles. The average Bonchev–Trinajstić information content (AvgIpc) is 2.52. The number of allylic oxidation sites excluding steroid dienone is 1. The molecule has 0 aromatic heterocycles. The zero-order valence-electron chi connectivity index (χ0n) is 11.9. The Bertz CT molecular complexity index is 840. The zero-order chi connectivity index (χ0) is 16.6. The van der Waals surface area contributed by atoms with Crippen LogP contribution in [0.2, 0.25) is 10.0 Å². The summed E-state index contributed by atoms with van der Waals surface area (Å²) in [5.74, 6) is -1.84. The third-order valence-electron chi connectivity index (χ3n) is 3.89. The highest BCUT2D eigenvalue weighted by molar-refractivity contribution is 6.35. The predicted octanol–water partition coefficient (Wildman–Crippen LogP) is 4.83. The van der Waals surface area contributed by atoms with Gasteiger partial charge in [0.05, 0.1) is 5.92 Å². The van der Waals surface area contributed by atoms with Crippen LogP contribution < -0.4 is 0 Å². The van der Waals surface area contributed by atoms with Gasteiger partial charge in [-0.15, -0.1) is 0 Å². The number of carboxylic acid groups (broad SMARTS) is 1. The van der Waals surface area contributed by atoms with Gasteiger partial charge in [0.2, 0.25) is 0 Å². The van der Waals surface area contributed by atoms with E-state index in [0.717, 1.165) is 0 Å². The minimum Gasteiger partial charge on any atom is -0.481 e. The summed E-state index contributed by atoms with van der Waals surface area (Å²) < 4.78 is 0. The van der Waals surface area contributed by atoms with E-state index in [2.05, 4.69) is 0 Å². The number of hydrogen-bond acceptors (Lipinski definition) is 2. The number of fused-ring (bicyclic) bond motifs is 1. The quantitative estimate of drug-likeness (QED) is 0.792. The summed E-state index contributed by atoms with van der Waals surface area (Å²) in [5.41, 5.74) is 2.06. The van der Waals surface area contributed by atoms with E-state index in [4.69, 9.17) is 23.2 Å². The van der Waals surface area contributed by atoms with E-state index in [-0.39, 0.29) is 12.2 Å². The van der Waals surface area contributed by atoms with Crippen molar-refractivity contribution in [3.05, 3.63) is 74.8 Å². The van der Waals surface area contributed by atoms with Gasteiger partial charge in [0.15, 0.2) is 5.78 Å². The number of carboxylic acids is 1. The molecule has 1 N–H and O–H groups in total. The van der Waals surface area contributed by atoms with Crippen molar-refractivity contribution >= 4 is 41.0 Å². The normalized spacial score (nSPS) is 18.8. The second-order valence-electron chi connectivity index (χ2n) is 5.35. The molecule has 0 amide bonds. The van der Waals surface area contributed by atoms with Crippen LogP contribution >= 0.6 is 23.2 Å². The third-order valence-corrected chi connectivity index (χ3v) is 4.45. The zero-order valence-corrected chi connectivity index (χ0v) is 13.4. The number of benzene rings is 2.